The first kappa shape index (κ1) is 21.5. The third-order valence-electron chi connectivity index (χ3n) is 4.90. The second kappa shape index (κ2) is 10.5. The second-order valence-corrected chi connectivity index (χ2v) is 9.25. The van der Waals surface area contributed by atoms with Gasteiger partial charge >= 0.3 is 0 Å². The quantitative estimate of drug-likeness (QED) is 0.409. The van der Waals surface area contributed by atoms with E-state index in [-0.39, 0.29) is 17.2 Å². The predicted octanol–water partition coefficient (Wildman–Crippen LogP) is 4.38. The molecule has 1 saturated heterocycles. The fraction of sp³-hybridized carbons (Fsp3) is 0.208. The highest BCUT2D eigenvalue weighted by atomic mass is 32.2. The summed E-state index contributed by atoms with van der Waals surface area (Å²) in [5.41, 5.74) is 2.77. The number of rotatable bonds is 8. The van der Waals surface area contributed by atoms with Crippen LogP contribution in [0.5, 0.6) is 0 Å². The fourth-order valence-electron chi connectivity index (χ4n) is 3.34. The van der Waals surface area contributed by atoms with Crippen molar-refractivity contribution in [1.29, 1.82) is 0 Å². The number of nitrogens with zero attached hydrogens (tertiary/aromatic N) is 2. The first-order chi connectivity index (χ1) is 15.2. The molecule has 0 spiro atoms. The molecular formula is C24H23N3O2S2. The summed E-state index contributed by atoms with van der Waals surface area (Å²) in [4.78, 5) is 31.0. The Balaban J connectivity index is 1.32. The molecule has 7 heteroatoms. The summed E-state index contributed by atoms with van der Waals surface area (Å²) in [5.74, 6) is 1.29. The lowest BCUT2D eigenvalue weighted by atomic mass is 10.1. The maximum absolute atomic E-state index is 12.4. The number of nitrogens with one attached hydrogen (secondary N) is 1. The largest absolute Gasteiger partial charge is 0.351 e. The Hall–Kier alpha value is -2.77. The second-order valence-electron chi connectivity index (χ2n) is 7.06. The molecule has 1 fully saturated rings. The number of carbonyl (C=O) groups is 2. The molecule has 3 aromatic rings. The Bertz CT molecular complexity index is 1010. The SMILES string of the molecule is O=C(NCCSc1ccccn1)c1ccc([C@H]2SCC(=O)N2Cc2ccccc2)cc1. The maximum Gasteiger partial charge on any atom is 0.251 e. The zero-order chi connectivity index (χ0) is 21.5. The van der Waals surface area contributed by atoms with E-state index in [4.69, 9.17) is 0 Å². The molecule has 0 aliphatic carbocycles. The highest BCUT2D eigenvalue weighted by molar-refractivity contribution is 8.00. The monoisotopic (exact) mass is 449 g/mol. The molecule has 5 nitrogen and oxygen atoms in total. The Morgan fingerprint density at radius 1 is 1.06 bits per heavy atom. The van der Waals surface area contributed by atoms with E-state index in [1.54, 1.807) is 29.7 Å². The molecule has 1 N–H and O–H groups in total. The van der Waals surface area contributed by atoms with Crippen LogP contribution in [0.15, 0.2) is 84.0 Å². The Morgan fingerprint density at radius 3 is 2.58 bits per heavy atom. The number of thioether (sulfide) groups is 2. The van der Waals surface area contributed by atoms with E-state index in [1.165, 1.54) is 0 Å². The highest BCUT2D eigenvalue weighted by Crippen LogP contribution is 2.39. The minimum atomic E-state index is -0.0931. The van der Waals surface area contributed by atoms with E-state index in [2.05, 4.69) is 10.3 Å². The smallest absolute Gasteiger partial charge is 0.251 e. The molecular weight excluding hydrogens is 426 g/mol. The Morgan fingerprint density at radius 2 is 1.84 bits per heavy atom. The average Bonchev–Trinajstić information content (AvgIpc) is 3.18. The summed E-state index contributed by atoms with van der Waals surface area (Å²) in [5, 5.41) is 3.87. The van der Waals surface area contributed by atoms with E-state index >= 15 is 0 Å². The van der Waals surface area contributed by atoms with Gasteiger partial charge in [-0.05, 0) is 35.4 Å². The van der Waals surface area contributed by atoms with Gasteiger partial charge in [-0.25, -0.2) is 4.98 Å². The molecule has 1 aliphatic heterocycles. The van der Waals surface area contributed by atoms with Crippen LogP contribution in [0.2, 0.25) is 0 Å². The molecule has 1 aromatic heterocycles. The predicted molar refractivity (Wildman–Crippen MR) is 126 cm³/mol. The van der Waals surface area contributed by atoms with Crippen molar-refractivity contribution in [3.63, 3.8) is 0 Å². The van der Waals surface area contributed by atoms with Crippen LogP contribution in [0.4, 0.5) is 0 Å². The number of benzene rings is 2. The lowest BCUT2D eigenvalue weighted by Gasteiger charge is -2.24. The highest BCUT2D eigenvalue weighted by Gasteiger charge is 2.32. The third-order valence-corrected chi connectivity index (χ3v) is 7.10. The van der Waals surface area contributed by atoms with Crippen LogP contribution in [0.1, 0.15) is 26.9 Å². The lowest BCUT2D eigenvalue weighted by molar-refractivity contribution is -0.128. The van der Waals surface area contributed by atoms with Crippen LogP contribution in [0.3, 0.4) is 0 Å². The normalized spacial score (nSPS) is 15.8. The van der Waals surface area contributed by atoms with E-state index in [0.29, 0.717) is 24.4 Å². The summed E-state index contributed by atoms with van der Waals surface area (Å²) < 4.78 is 0. The minimum absolute atomic E-state index is 0.0282. The third kappa shape index (κ3) is 5.68. The van der Waals surface area contributed by atoms with Crippen molar-refractivity contribution in [1.82, 2.24) is 15.2 Å². The summed E-state index contributed by atoms with van der Waals surface area (Å²) in [6.45, 7) is 1.16. The van der Waals surface area contributed by atoms with Crippen molar-refractivity contribution in [2.45, 2.75) is 16.9 Å². The van der Waals surface area contributed by atoms with Crippen LogP contribution in [0, 0.1) is 0 Å². The van der Waals surface area contributed by atoms with Crippen LogP contribution >= 0.6 is 23.5 Å². The number of pyridine rings is 1. The van der Waals surface area contributed by atoms with Gasteiger partial charge in [-0.3, -0.25) is 9.59 Å². The molecule has 0 radical (unpaired) electrons. The summed E-state index contributed by atoms with van der Waals surface area (Å²) in [6, 6.07) is 23.4. The van der Waals surface area contributed by atoms with Gasteiger partial charge in [-0.15, -0.1) is 23.5 Å². The van der Waals surface area contributed by atoms with Crippen LogP contribution in [0.25, 0.3) is 0 Å². The Labute approximate surface area is 190 Å². The van der Waals surface area contributed by atoms with Gasteiger partial charge in [-0.2, -0.15) is 0 Å². The molecule has 31 heavy (non-hydrogen) atoms. The minimum Gasteiger partial charge on any atom is -0.351 e. The van der Waals surface area contributed by atoms with E-state index < -0.39 is 0 Å². The van der Waals surface area contributed by atoms with Crippen molar-refractivity contribution in [3.8, 4) is 0 Å². The number of hydrogen-bond donors (Lipinski definition) is 1. The number of hydrogen-bond acceptors (Lipinski definition) is 5. The first-order valence-electron chi connectivity index (χ1n) is 10.1. The summed E-state index contributed by atoms with van der Waals surface area (Å²) in [7, 11) is 0. The molecule has 0 unspecified atom stereocenters. The van der Waals surface area contributed by atoms with Crippen LogP contribution < -0.4 is 5.32 Å². The van der Waals surface area contributed by atoms with Gasteiger partial charge in [0.2, 0.25) is 5.91 Å². The number of aromatic nitrogens is 1. The van der Waals surface area contributed by atoms with Crippen LogP contribution in [-0.2, 0) is 11.3 Å². The van der Waals surface area contributed by atoms with Crippen molar-refractivity contribution >= 4 is 35.3 Å². The molecule has 2 heterocycles. The molecule has 2 amide bonds. The van der Waals surface area contributed by atoms with Gasteiger partial charge in [0, 0.05) is 30.6 Å². The summed E-state index contributed by atoms with van der Waals surface area (Å²) in [6.07, 6.45) is 1.76. The first-order valence-corrected chi connectivity index (χ1v) is 12.1. The average molecular weight is 450 g/mol. The van der Waals surface area contributed by atoms with Crippen molar-refractivity contribution < 1.29 is 9.59 Å². The molecule has 0 saturated carbocycles. The van der Waals surface area contributed by atoms with Crippen molar-refractivity contribution in [2.75, 3.05) is 18.1 Å². The van der Waals surface area contributed by atoms with Gasteiger partial charge < -0.3 is 10.2 Å². The van der Waals surface area contributed by atoms with Gasteiger partial charge in [0.15, 0.2) is 0 Å². The van der Waals surface area contributed by atoms with Crippen LogP contribution in [-0.4, -0.2) is 39.7 Å². The van der Waals surface area contributed by atoms with Crippen molar-refractivity contribution in [3.05, 3.63) is 95.7 Å². The van der Waals surface area contributed by atoms with Gasteiger partial charge in [0.05, 0.1) is 10.8 Å². The molecule has 2 aromatic carbocycles. The van der Waals surface area contributed by atoms with Gasteiger partial charge in [-0.1, -0.05) is 48.5 Å². The molecule has 158 valence electrons. The molecule has 1 aliphatic rings. The summed E-state index contributed by atoms with van der Waals surface area (Å²) >= 11 is 3.24. The standard InChI is InChI=1S/C24H23N3O2S2/c28-22-17-31-24(27(22)16-18-6-2-1-3-7-18)20-11-9-19(10-12-20)23(29)26-14-15-30-21-8-4-5-13-25-21/h1-13,24H,14-17H2,(H,26,29)/t24-/m1/s1. The van der Waals surface area contributed by atoms with E-state index in [0.717, 1.165) is 21.9 Å². The maximum atomic E-state index is 12.4. The van der Waals surface area contributed by atoms with E-state index in [9.17, 15) is 9.59 Å². The van der Waals surface area contributed by atoms with Crippen molar-refractivity contribution in [2.24, 2.45) is 0 Å². The molecule has 4 rings (SSSR count). The zero-order valence-electron chi connectivity index (χ0n) is 16.9. The fourth-order valence-corrected chi connectivity index (χ4v) is 5.25. The lowest BCUT2D eigenvalue weighted by Crippen LogP contribution is -2.28. The number of carbonyl (C=O) groups excluding carboxylic acids is 2. The molecule has 1 atom stereocenters. The van der Waals surface area contributed by atoms with Gasteiger partial charge in [0.1, 0.15) is 5.37 Å². The van der Waals surface area contributed by atoms with Gasteiger partial charge in [0.25, 0.3) is 5.91 Å². The number of amides is 2. The molecule has 0 bridgehead atoms. The van der Waals surface area contributed by atoms with E-state index in [1.807, 2.05) is 77.7 Å². The Kier molecular flexibility index (Phi) is 7.27. The topological polar surface area (TPSA) is 62.3 Å². The zero-order valence-corrected chi connectivity index (χ0v) is 18.6.